The van der Waals surface area contributed by atoms with Crippen LogP contribution < -0.4 is 14.8 Å². The van der Waals surface area contributed by atoms with Gasteiger partial charge in [-0.05, 0) is 49.2 Å². The van der Waals surface area contributed by atoms with Gasteiger partial charge in [0, 0.05) is 18.7 Å². The molecule has 0 unspecified atom stereocenters. The van der Waals surface area contributed by atoms with Crippen molar-refractivity contribution in [2.75, 3.05) is 11.9 Å². The number of carbonyl (C=O) groups is 2. The average Bonchev–Trinajstić information content (AvgIpc) is 2.48. The Hall–Kier alpha value is -2.82. The van der Waals surface area contributed by atoms with Crippen molar-refractivity contribution in [2.45, 2.75) is 20.8 Å². The highest BCUT2D eigenvalue weighted by atomic mass is 16.5. The second kappa shape index (κ2) is 7.45. The summed E-state index contributed by atoms with van der Waals surface area (Å²) < 4.78 is 10.4. The molecule has 0 spiro atoms. The highest BCUT2D eigenvalue weighted by molar-refractivity contribution is 5.92. The number of amides is 1. The normalized spacial score (nSPS) is 10.0. The van der Waals surface area contributed by atoms with Crippen molar-refractivity contribution in [1.29, 1.82) is 0 Å². The lowest BCUT2D eigenvalue weighted by Gasteiger charge is -2.10. The summed E-state index contributed by atoms with van der Waals surface area (Å²) in [6, 6.07) is 12.3. The van der Waals surface area contributed by atoms with Crippen LogP contribution in [0, 0.1) is 13.8 Å². The molecule has 0 radical (unpaired) electrons. The van der Waals surface area contributed by atoms with E-state index in [0.717, 1.165) is 5.56 Å². The standard InChI is InChI=1S/C18H19NO4/c1-12-7-8-16(9-13(12)2)22-11-18(21)19-15-5-4-6-17(10-15)23-14(3)20/h4-10H,11H2,1-3H3,(H,19,21). The first-order chi connectivity index (χ1) is 10.9. The first-order valence-electron chi connectivity index (χ1n) is 7.22. The Morgan fingerprint density at radius 1 is 1.00 bits per heavy atom. The summed E-state index contributed by atoms with van der Waals surface area (Å²) in [4.78, 5) is 22.9. The van der Waals surface area contributed by atoms with Crippen LogP contribution in [0.1, 0.15) is 18.1 Å². The van der Waals surface area contributed by atoms with Gasteiger partial charge >= 0.3 is 5.97 Å². The van der Waals surface area contributed by atoms with E-state index in [1.54, 1.807) is 24.3 Å². The molecule has 0 aliphatic carbocycles. The maximum absolute atomic E-state index is 11.9. The lowest BCUT2D eigenvalue weighted by atomic mass is 10.1. The van der Waals surface area contributed by atoms with Crippen molar-refractivity contribution in [3.05, 3.63) is 53.6 Å². The van der Waals surface area contributed by atoms with Gasteiger partial charge in [-0.25, -0.2) is 0 Å². The minimum atomic E-state index is -0.411. The van der Waals surface area contributed by atoms with E-state index >= 15 is 0 Å². The number of anilines is 1. The largest absolute Gasteiger partial charge is 0.484 e. The maximum Gasteiger partial charge on any atom is 0.308 e. The van der Waals surface area contributed by atoms with Gasteiger partial charge in [-0.3, -0.25) is 9.59 Å². The van der Waals surface area contributed by atoms with Gasteiger partial charge < -0.3 is 14.8 Å². The molecular formula is C18H19NO4. The van der Waals surface area contributed by atoms with Gasteiger partial charge in [0.15, 0.2) is 6.61 Å². The van der Waals surface area contributed by atoms with E-state index in [-0.39, 0.29) is 12.5 Å². The van der Waals surface area contributed by atoms with Gasteiger partial charge in [0.1, 0.15) is 11.5 Å². The van der Waals surface area contributed by atoms with Gasteiger partial charge in [0.05, 0.1) is 0 Å². The number of benzene rings is 2. The lowest BCUT2D eigenvalue weighted by molar-refractivity contribution is -0.131. The van der Waals surface area contributed by atoms with Crippen LogP contribution in [0.4, 0.5) is 5.69 Å². The van der Waals surface area contributed by atoms with Crippen molar-refractivity contribution in [2.24, 2.45) is 0 Å². The molecule has 2 rings (SSSR count). The van der Waals surface area contributed by atoms with Gasteiger partial charge in [-0.1, -0.05) is 12.1 Å². The van der Waals surface area contributed by atoms with E-state index in [2.05, 4.69) is 5.32 Å². The van der Waals surface area contributed by atoms with Crippen molar-refractivity contribution < 1.29 is 19.1 Å². The molecule has 0 aliphatic heterocycles. The second-order valence-electron chi connectivity index (χ2n) is 5.20. The van der Waals surface area contributed by atoms with Crippen LogP contribution in [0.25, 0.3) is 0 Å². The number of nitrogens with one attached hydrogen (secondary N) is 1. The SMILES string of the molecule is CC(=O)Oc1cccc(NC(=O)COc2ccc(C)c(C)c2)c1. The maximum atomic E-state index is 11.9. The molecule has 2 aromatic rings. The molecule has 0 aliphatic rings. The molecule has 5 nitrogen and oxygen atoms in total. The molecule has 0 saturated carbocycles. The van der Waals surface area contributed by atoms with Gasteiger partial charge in [0.2, 0.25) is 0 Å². The van der Waals surface area contributed by atoms with Crippen molar-refractivity contribution >= 4 is 17.6 Å². The molecule has 0 heterocycles. The van der Waals surface area contributed by atoms with Crippen molar-refractivity contribution in [3.63, 3.8) is 0 Å². The predicted molar refractivity (Wildman–Crippen MR) is 87.8 cm³/mol. The van der Waals surface area contributed by atoms with Crippen molar-refractivity contribution in [3.8, 4) is 11.5 Å². The zero-order valence-electron chi connectivity index (χ0n) is 13.4. The van der Waals surface area contributed by atoms with Crippen LogP contribution >= 0.6 is 0 Å². The molecule has 23 heavy (non-hydrogen) atoms. The third-order valence-corrected chi connectivity index (χ3v) is 3.23. The summed E-state index contributed by atoms with van der Waals surface area (Å²) in [5.74, 6) is 0.331. The summed E-state index contributed by atoms with van der Waals surface area (Å²) in [6.07, 6.45) is 0. The predicted octanol–water partition coefficient (Wildman–Crippen LogP) is 3.25. The Balaban J connectivity index is 1.91. The monoisotopic (exact) mass is 313 g/mol. The molecule has 1 N–H and O–H groups in total. The van der Waals surface area contributed by atoms with E-state index in [0.29, 0.717) is 17.2 Å². The van der Waals surface area contributed by atoms with Crippen LogP contribution in [0.5, 0.6) is 11.5 Å². The minimum Gasteiger partial charge on any atom is -0.484 e. The van der Waals surface area contributed by atoms with E-state index in [1.807, 2.05) is 32.0 Å². The lowest BCUT2D eigenvalue weighted by Crippen LogP contribution is -2.20. The Labute approximate surface area is 135 Å². The van der Waals surface area contributed by atoms with Crippen LogP contribution in [0.2, 0.25) is 0 Å². The fraction of sp³-hybridized carbons (Fsp3) is 0.222. The average molecular weight is 313 g/mol. The number of rotatable bonds is 5. The summed E-state index contributed by atoms with van der Waals surface area (Å²) >= 11 is 0. The van der Waals surface area contributed by atoms with Gasteiger partial charge in [-0.15, -0.1) is 0 Å². The third kappa shape index (κ3) is 5.14. The van der Waals surface area contributed by atoms with E-state index in [9.17, 15) is 9.59 Å². The van der Waals surface area contributed by atoms with Crippen molar-refractivity contribution in [1.82, 2.24) is 0 Å². The molecule has 0 fully saturated rings. The Bertz CT molecular complexity index is 725. The molecule has 0 bridgehead atoms. The van der Waals surface area contributed by atoms with Gasteiger partial charge in [0.25, 0.3) is 5.91 Å². The number of ether oxygens (including phenoxy) is 2. The summed E-state index contributed by atoms with van der Waals surface area (Å²) in [6.45, 7) is 5.23. The van der Waals surface area contributed by atoms with Crippen LogP contribution in [0.3, 0.4) is 0 Å². The van der Waals surface area contributed by atoms with E-state index in [4.69, 9.17) is 9.47 Å². The fourth-order valence-electron chi connectivity index (χ4n) is 1.95. The summed E-state index contributed by atoms with van der Waals surface area (Å²) in [5.41, 5.74) is 2.82. The first-order valence-corrected chi connectivity index (χ1v) is 7.22. The van der Waals surface area contributed by atoms with E-state index < -0.39 is 5.97 Å². The van der Waals surface area contributed by atoms with E-state index in [1.165, 1.54) is 12.5 Å². The first kappa shape index (κ1) is 16.5. The Kier molecular flexibility index (Phi) is 5.36. The Morgan fingerprint density at radius 3 is 2.48 bits per heavy atom. The number of aryl methyl sites for hydroxylation is 2. The van der Waals surface area contributed by atoms with Crippen LogP contribution in [-0.2, 0) is 9.59 Å². The molecule has 1 amide bonds. The quantitative estimate of drug-likeness (QED) is 0.680. The topological polar surface area (TPSA) is 64.6 Å². The Morgan fingerprint density at radius 2 is 1.78 bits per heavy atom. The third-order valence-electron chi connectivity index (χ3n) is 3.23. The smallest absolute Gasteiger partial charge is 0.308 e. The second-order valence-corrected chi connectivity index (χ2v) is 5.20. The van der Waals surface area contributed by atoms with Gasteiger partial charge in [-0.2, -0.15) is 0 Å². The number of hydrogen-bond donors (Lipinski definition) is 1. The van der Waals surface area contributed by atoms with Crippen LogP contribution in [-0.4, -0.2) is 18.5 Å². The molecule has 0 atom stereocenters. The molecule has 120 valence electrons. The highest BCUT2D eigenvalue weighted by Crippen LogP contribution is 2.18. The molecule has 5 heteroatoms. The number of esters is 1. The summed E-state index contributed by atoms with van der Waals surface area (Å²) in [7, 11) is 0. The molecule has 2 aromatic carbocycles. The minimum absolute atomic E-state index is 0.0969. The molecular weight excluding hydrogens is 294 g/mol. The summed E-state index contributed by atoms with van der Waals surface area (Å²) in [5, 5.41) is 2.70. The number of carbonyl (C=O) groups excluding carboxylic acids is 2. The zero-order valence-corrected chi connectivity index (χ0v) is 13.4. The fourth-order valence-corrected chi connectivity index (χ4v) is 1.95. The molecule has 0 aromatic heterocycles. The number of hydrogen-bond acceptors (Lipinski definition) is 4. The molecule has 0 saturated heterocycles. The highest BCUT2D eigenvalue weighted by Gasteiger charge is 2.06. The van der Waals surface area contributed by atoms with Crippen LogP contribution in [0.15, 0.2) is 42.5 Å². The zero-order chi connectivity index (χ0) is 16.8.